The van der Waals surface area contributed by atoms with Gasteiger partial charge in [0.05, 0.1) is 16.5 Å². The summed E-state index contributed by atoms with van der Waals surface area (Å²) >= 11 is 3.24. The zero-order valence-corrected chi connectivity index (χ0v) is 12.6. The summed E-state index contributed by atoms with van der Waals surface area (Å²) in [5.41, 5.74) is 0. The molecule has 1 atom stereocenters. The van der Waals surface area contributed by atoms with Crippen LogP contribution in [0.25, 0.3) is 0 Å². The molecule has 0 amide bonds. The first kappa shape index (κ1) is 15.4. The first-order valence-corrected chi connectivity index (χ1v) is 7.65. The lowest BCUT2D eigenvalue weighted by Gasteiger charge is -2.13. The van der Waals surface area contributed by atoms with E-state index in [1.807, 2.05) is 0 Å². The molecular weight excluding hydrogens is 322 g/mol. The Balaban J connectivity index is 2.95. The SMILES string of the molecule is COc1ccc(S(=O)(=O)NC(C)CCO)cc1Br. The number of rotatable bonds is 6. The average Bonchev–Trinajstić information content (AvgIpc) is 2.28. The quantitative estimate of drug-likeness (QED) is 0.824. The van der Waals surface area contributed by atoms with E-state index in [4.69, 9.17) is 9.84 Å². The van der Waals surface area contributed by atoms with E-state index in [1.165, 1.54) is 19.2 Å². The summed E-state index contributed by atoms with van der Waals surface area (Å²) in [5.74, 6) is 0.567. The van der Waals surface area contributed by atoms with Crippen LogP contribution in [-0.4, -0.2) is 33.3 Å². The van der Waals surface area contributed by atoms with Gasteiger partial charge in [-0.2, -0.15) is 0 Å². The highest BCUT2D eigenvalue weighted by Crippen LogP contribution is 2.27. The Morgan fingerprint density at radius 3 is 2.67 bits per heavy atom. The molecule has 0 aliphatic heterocycles. The third-order valence-electron chi connectivity index (χ3n) is 2.35. The standard InChI is InChI=1S/C11H16BrNO4S/c1-8(5-6-14)13-18(15,16)9-3-4-11(17-2)10(12)7-9/h3-4,7-8,13-14H,5-6H2,1-2H3. The summed E-state index contributed by atoms with van der Waals surface area (Å²) in [6.07, 6.45) is 0.372. The smallest absolute Gasteiger partial charge is 0.240 e. The maximum atomic E-state index is 12.0. The van der Waals surface area contributed by atoms with E-state index in [1.54, 1.807) is 13.0 Å². The molecule has 7 heteroatoms. The van der Waals surface area contributed by atoms with Gasteiger partial charge < -0.3 is 9.84 Å². The molecule has 2 N–H and O–H groups in total. The number of hydrogen-bond donors (Lipinski definition) is 2. The van der Waals surface area contributed by atoms with Gasteiger partial charge in [0.15, 0.2) is 0 Å². The van der Waals surface area contributed by atoms with Gasteiger partial charge >= 0.3 is 0 Å². The van der Waals surface area contributed by atoms with E-state index < -0.39 is 10.0 Å². The van der Waals surface area contributed by atoms with Crippen molar-refractivity contribution < 1.29 is 18.3 Å². The summed E-state index contributed by atoms with van der Waals surface area (Å²) < 4.78 is 32.1. The van der Waals surface area contributed by atoms with Crippen LogP contribution < -0.4 is 9.46 Å². The second-order valence-electron chi connectivity index (χ2n) is 3.83. The van der Waals surface area contributed by atoms with Gasteiger partial charge in [-0.3, -0.25) is 0 Å². The van der Waals surface area contributed by atoms with Crippen molar-refractivity contribution in [1.29, 1.82) is 0 Å². The molecule has 1 aromatic rings. The minimum Gasteiger partial charge on any atom is -0.496 e. The molecule has 1 rings (SSSR count). The van der Waals surface area contributed by atoms with E-state index in [0.29, 0.717) is 16.6 Å². The highest BCUT2D eigenvalue weighted by Gasteiger charge is 2.18. The first-order valence-electron chi connectivity index (χ1n) is 5.37. The highest BCUT2D eigenvalue weighted by atomic mass is 79.9. The van der Waals surface area contributed by atoms with Crippen molar-refractivity contribution >= 4 is 26.0 Å². The predicted molar refractivity (Wildman–Crippen MR) is 72.2 cm³/mol. The third-order valence-corrected chi connectivity index (χ3v) is 4.56. The van der Waals surface area contributed by atoms with E-state index in [-0.39, 0.29) is 17.5 Å². The number of ether oxygens (including phenoxy) is 1. The first-order chi connectivity index (χ1) is 8.40. The summed E-state index contributed by atoms with van der Waals surface area (Å²) in [5, 5.41) is 8.76. The summed E-state index contributed by atoms with van der Waals surface area (Å²) in [7, 11) is -2.07. The van der Waals surface area contributed by atoms with Crippen LogP contribution in [0, 0.1) is 0 Å². The second-order valence-corrected chi connectivity index (χ2v) is 6.40. The molecule has 18 heavy (non-hydrogen) atoms. The van der Waals surface area contributed by atoms with Gasteiger partial charge in [0.2, 0.25) is 10.0 Å². The Bertz CT molecular complexity index is 504. The Labute approximate surface area is 115 Å². The molecule has 1 unspecified atom stereocenters. The number of benzene rings is 1. The van der Waals surface area contributed by atoms with Crippen LogP contribution >= 0.6 is 15.9 Å². The Kier molecular flexibility index (Phi) is 5.58. The van der Waals surface area contributed by atoms with Crippen molar-refractivity contribution in [3.63, 3.8) is 0 Å². The topological polar surface area (TPSA) is 75.6 Å². The lowest BCUT2D eigenvalue weighted by Crippen LogP contribution is -2.33. The maximum Gasteiger partial charge on any atom is 0.240 e. The highest BCUT2D eigenvalue weighted by molar-refractivity contribution is 9.10. The minimum absolute atomic E-state index is 0.0595. The van der Waals surface area contributed by atoms with E-state index in [0.717, 1.165) is 0 Å². The van der Waals surface area contributed by atoms with Gasteiger partial charge in [0.25, 0.3) is 0 Å². The number of sulfonamides is 1. The number of aliphatic hydroxyl groups is 1. The Morgan fingerprint density at radius 1 is 1.50 bits per heavy atom. The van der Waals surface area contributed by atoms with Crippen molar-refractivity contribution in [2.24, 2.45) is 0 Å². The summed E-state index contributed by atoms with van der Waals surface area (Å²) in [6.45, 7) is 1.64. The lowest BCUT2D eigenvalue weighted by atomic mass is 10.3. The molecule has 0 spiro atoms. The second kappa shape index (κ2) is 6.51. The number of nitrogens with one attached hydrogen (secondary N) is 1. The largest absolute Gasteiger partial charge is 0.496 e. The molecule has 0 aliphatic carbocycles. The maximum absolute atomic E-state index is 12.0. The molecule has 0 radical (unpaired) electrons. The predicted octanol–water partition coefficient (Wildman–Crippen LogP) is 1.51. The van der Waals surface area contributed by atoms with Crippen molar-refractivity contribution in [2.75, 3.05) is 13.7 Å². The molecular formula is C11H16BrNO4S. The van der Waals surface area contributed by atoms with Crippen LogP contribution in [0.2, 0.25) is 0 Å². The summed E-state index contributed by atoms with van der Waals surface area (Å²) in [4.78, 5) is 0.153. The molecule has 0 saturated heterocycles. The summed E-state index contributed by atoms with van der Waals surface area (Å²) in [6, 6.07) is 4.21. The van der Waals surface area contributed by atoms with Crippen LogP contribution in [0.1, 0.15) is 13.3 Å². The fourth-order valence-electron chi connectivity index (χ4n) is 1.40. The van der Waals surface area contributed by atoms with Crippen molar-refractivity contribution in [3.8, 4) is 5.75 Å². The number of methoxy groups -OCH3 is 1. The Hall–Kier alpha value is -0.630. The zero-order chi connectivity index (χ0) is 13.8. The van der Waals surface area contributed by atoms with E-state index >= 15 is 0 Å². The van der Waals surface area contributed by atoms with Gasteiger partial charge in [0, 0.05) is 12.6 Å². The van der Waals surface area contributed by atoms with Gasteiger partial charge in [0.1, 0.15) is 5.75 Å². The molecule has 0 aliphatic rings. The van der Waals surface area contributed by atoms with E-state index in [9.17, 15) is 8.42 Å². The van der Waals surface area contributed by atoms with Crippen LogP contribution in [0.5, 0.6) is 5.75 Å². The van der Waals surface area contributed by atoms with Crippen molar-refractivity contribution in [2.45, 2.75) is 24.3 Å². The molecule has 102 valence electrons. The molecule has 0 fully saturated rings. The fourth-order valence-corrected chi connectivity index (χ4v) is 3.40. The zero-order valence-electron chi connectivity index (χ0n) is 10.2. The Morgan fingerprint density at radius 2 is 2.17 bits per heavy atom. The van der Waals surface area contributed by atoms with Gasteiger partial charge in [-0.1, -0.05) is 0 Å². The molecule has 0 heterocycles. The molecule has 5 nitrogen and oxygen atoms in total. The molecule has 0 bridgehead atoms. The van der Waals surface area contributed by atoms with Crippen LogP contribution in [0.15, 0.2) is 27.6 Å². The molecule has 0 aromatic heterocycles. The van der Waals surface area contributed by atoms with E-state index in [2.05, 4.69) is 20.7 Å². The number of aliphatic hydroxyl groups excluding tert-OH is 1. The number of hydrogen-bond acceptors (Lipinski definition) is 4. The van der Waals surface area contributed by atoms with Gasteiger partial charge in [-0.05, 0) is 47.5 Å². The van der Waals surface area contributed by atoms with Crippen LogP contribution in [-0.2, 0) is 10.0 Å². The molecule has 0 saturated carbocycles. The fraction of sp³-hybridized carbons (Fsp3) is 0.455. The average molecular weight is 338 g/mol. The lowest BCUT2D eigenvalue weighted by molar-refractivity contribution is 0.275. The van der Waals surface area contributed by atoms with Crippen LogP contribution in [0.4, 0.5) is 0 Å². The van der Waals surface area contributed by atoms with Crippen molar-refractivity contribution in [1.82, 2.24) is 4.72 Å². The van der Waals surface area contributed by atoms with Crippen molar-refractivity contribution in [3.05, 3.63) is 22.7 Å². The normalized spacial score (nSPS) is 13.3. The third kappa shape index (κ3) is 3.94. The minimum atomic E-state index is -3.58. The number of halogens is 1. The van der Waals surface area contributed by atoms with Gasteiger partial charge in [-0.15, -0.1) is 0 Å². The monoisotopic (exact) mass is 337 g/mol. The molecule has 1 aromatic carbocycles. The van der Waals surface area contributed by atoms with Crippen LogP contribution in [0.3, 0.4) is 0 Å². The van der Waals surface area contributed by atoms with Gasteiger partial charge in [-0.25, -0.2) is 13.1 Å².